The first-order valence-electron chi connectivity index (χ1n) is 4.44. The third-order valence-corrected chi connectivity index (χ3v) is 2.04. The highest BCUT2D eigenvalue weighted by molar-refractivity contribution is 6.29. The number of nitrogens with one attached hydrogen (secondary N) is 1. The summed E-state index contributed by atoms with van der Waals surface area (Å²) in [6.45, 7) is 5.49. The minimum atomic E-state index is -0.0370. The smallest absolute Gasteiger partial charge is 0.226 e. The molecule has 76 valence electrons. The van der Waals surface area contributed by atoms with Gasteiger partial charge in [0, 0.05) is 5.92 Å². The van der Waals surface area contributed by atoms with Crippen LogP contribution in [0.4, 0.5) is 5.69 Å². The summed E-state index contributed by atoms with van der Waals surface area (Å²) < 4.78 is 0. The van der Waals surface area contributed by atoms with Gasteiger partial charge in [0.15, 0.2) is 0 Å². The van der Waals surface area contributed by atoms with Crippen molar-refractivity contribution < 1.29 is 4.79 Å². The molecule has 0 atom stereocenters. The second-order valence-corrected chi connectivity index (χ2v) is 3.80. The monoisotopic (exact) mass is 212 g/mol. The Morgan fingerprint density at radius 2 is 2.14 bits per heavy atom. The van der Waals surface area contributed by atoms with E-state index in [4.69, 9.17) is 11.6 Å². The number of pyridine rings is 1. The Balaban J connectivity index is 2.82. The largest absolute Gasteiger partial charge is 0.324 e. The van der Waals surface area contributed by atoms with Gasteiger partial charge in [-0.3, -0.25) is 4.79 Å². The Bertz CT molecular complexity index is 350. The van der Waals surface area contributed by atoms with Crippen LogP contribution in [0.2, 0.25) is 5.15 Å². The molecule has 0 unspecified atom stereocenters. The van der Waals surface area contributed by atoms with Crippen LogP contribution in [0.3, 0.4) is 0 Å². The summed E-state index contributed by atoms with van der Waals surface area (Å²) >= 11 is 5.69. The maximum absolute atomic E-state index is 11.4. The first-order chi connectivity index (χ1) is 6.50. The lowest BCUT2D eigenvalue weighted by atomic mass is 10.2. The minimum Gasteiger partial charge on any atom is -0.324 e. The van der Waals surface area contributed by atoms with Gasteiger partial charge in [-0.1, -0.05) is 25.4 Å². The number of aryl methyl sites for hydroxylation is 1. The van der Waals surface area contributed by atoms with E-state index in [1.54, 1.807) is 12.1 Å². The van der Waals surface area contributed by atoms with Gasteiger partial charge in [0.25, 0.3) is 0 Å². The molecule has 0 fully saturated rings. The lowest BCUT2D eigenvalue weighted by Crippen LogP contribution is -2.18. The molecule has 0 aromatic carbocycles. The number of anilines is 1. The molecule has 0 bridgehead atoms. The summed E-state index contributed by atoms with van der Waals surface area (Å²) in [6, 6.07) is 3.41. The minimum absolute atomic E-state index is 0.0165. The van der Waals surface area contributed by atoms with Gasteiger partial charge in [-0.15, -0.1) is 0 Å². The van der Waals surface area contributed by atoms with Crippen molar-refractivity contribution in [3.05, 3.63) is 23.0 Å². The number of nitrogens with zero attached hydrogens (tertiary/aromatic N) is 1. The van der Waals surface area contributed by atoms with Crippen LogP contribution in [-0.2, 0) is 4.79 Å². The molecule has 1 N–H and O–H groups in total. The standard InChI is InChI=1S/C10H13ClN2O/c1-6(2)10(14)13-8-4-5-9(11)12-7(8)3/h4-6H,1-3H3,(H,13,14). The van der Waals surface area contributed by atoms with Crippen LogP contribution in [0.5, 0.6) is 0 Å². The zero-order chi connectivity index (χ0) is 10.7. The van der Waals surface area contributed by atoms with Crippen LogP contribution in [0, 0.1) is 12.8 Å². The van der Waals surface area contributed by atoms with Crippen LogP contribution in [-0.4, -0.2) is 10.9 Å². The quantitative estimate of drug-likeness (QED) is 0.766. The number of hydrogen-bond donors (Lipinski definition) is 1. The highest BCUT2D eigenvalue weighted by atomic mass is 35.5. The van der Waals surface area contributed by atoms with Gasteiger partial charge in [-0.2, -0.15) is 0 Å². The molecule has 1 rings (SSSR count). The fraction of sp³-hybridized carbons (Fsp3) is 0.400. The number of rotatable bonds is 2. The first-order valence-corrected chi connectivity index (χ1v) is 4.82. The van der Waals surface area contributed by atoms with E-state index in [1.165, 1.54) is 0 Å². The highest BCUT2D eigenvalue weighted by Crippen LogP contribution is 2.16. The second-order valence-electron chi connectivity index (χ2n) is 3.41. The van der Waals surface area contributed by atoms with Crippen molar-refractivity contribution in [2.24, 2.45) is 5.92 Å². The Hall–Kier alpha value is -1.09. The van der Waals surface area contributed by atoms with Crippen LogP contribution in [0.1, 0.15) is 19.5 Å². The van der Waals surface area contributed by atoms with Crippen molar-refractivity contribution in [2.45, 2.75) is 20.8 Å². The third kappa shape index (κ3) is 2.70. The van der Waals surface area contributed by atoms with E-state index >= 15 is 0 Å². The Morgan fingerprint density at radius 3 is 2.64 bits per heavy atom. The van der Waals surface area contributed by atoms with E-state index in [0.29, 0.717) is 10.8 Å². The van der Waals surface area contributed by atoms with E-state index in [1.807, 2.05) is 20.8 Å². The Labute approximate surface area is 88.5 Å². The van der Waals surface area contributed by atoms with Crippen molar-refractivity contribution in [3.63, 3.8) is 0 Å². The van der Waals surface area contributed by atoms with E-state index in [-0.39, 0.29) is 11.8 Å². The maximum Gasteiger partial charge on any atom is 0.226 e. The van der Waals surface area contributed by atoms with Crippen LogP contribution in [0.15, 0.2) is 12.1 Å². The summed E-state index contributed by atoms with van der Waals surface area (Å²) in [7, 11) is 0. The molecule has 0 saturated heterocycles. The fourth-order valence-corrected chi connectivity index (χ4v) is 1.13. The number of carbonyl (C=O) groups is 1. The Kier molecular flexibility index (Phi) is 3.47. The molecular weight excluding hydrogens is 200 g/mol. The average molecular weight is 213 g/mol. The van der Waals surface area contributed by atoms with Crippen molar-refractivity contribution in [3.8, 4) is 0 Å². The number of hydrogen-bond acceptors (Lipinski definition) is 2. The number of halogens is 1. The van der Waals surface area contributed by atoms with Gasteiger partial charge >= 0.3 is 0 Å². The first kappa shape index (κ1) is 11.0. The van der Waals surface area contributed by atoms with Crippen molar-refractivity contribution >= 4 is 23.2 Å². The van der Waals surface area contributed by atoms with Gasteiger partial charge in [0.1, 0.15) is 5.15 Å². The lowest BCUT2D eigenvalue weighted by Gasteiger charge is -2.09. The summed E-state index contributed by atoms with van der Waals surface area (Å²) in [6.07, 6.45) is 0. The molecule has 0 saturated carbocycles. The molecule has 1 amide bonds. The summed E-state index contributed by atoms with van der Waals surface area (Å²) in [5.41, 5.74) is 1.44. The molecule has 0 aliphatic carbocycles. The predicted octanol–water partition coefficient (Wildman–Crippen LogP) is 2.64. The number of aromatic nitrogens is 1. The normalized spacial score (nSPS) is 10.4. The molecule has 3 nitrogen and oxygen atoms in total. The summed E-state index contributed by atoms with van der Waals surface area (Å²) in [5.74, 6) is -0.0534. The topological polar surface area (TPSA) is 42.0 Å². The zero-order valence-electron chi connectivity index (χ0n) is 8.47. The predicted molar refractivity (Wildman–Crippen MR) is 57.5 cm³/mol. The molecule has 0 aliphatic heterocycles. The Morgan fingerprint density at radius 1 is 1.50 bits per heavy atom. The summed E-state index contributed by atoms with van der Waals surface area (Å²) in [4.78, 5) is 15.4. The molecule has 1 heterocycles. The molecular formula is C10H13ClN2O. The van der Waals surface area contributed by atoms with Gasteiger partial charge in [-0.05, 0) is 19.1 Å². The van der Waals surface area contributed by atoms with E-state index in [9.17, 15) is 4.79 Å². The molecule has 0 aliphatic rings. The zero-order valence-corrected chi connectivity index (χ0v) is 9.22. The molecule has 1 aromatic rings. The number of carbonyl (C=O) groups excluding carboxylic acids is 1. The van der Waals surface area contributed by atoms with Crippen molar-refractivity contribution in [1.29, 1.82) is 0 Å². The molecule has 4 heteroatoms. The van der Waals surface area contributed by atoms with Gasteiger partial charge in [0.05, 0.1) is 11.4 Å². The second kappa shape index (κ2) is 4.42. The van der Waals surface area contributed by atoms with Crippen LogP contribution in [0.25, 0.3) is 0 Å². The van der Waals surface area contributed by atoms with Gasteiger partial charge < -0.3 is 5.32 Å². The average Bonchev–Trinajstić information content (AvgIpc) is 2.09. The fourth-order valence-electron chi connectivity index (χ4n) is 0.940. The molecule has 0 radical (unpaired) electrons. The van der Waals surface area contributed by atoms with Crippen molar-refractivity contribution in [2.75, 3.05) is 5.32 Å². The van der Waals surface area contributed by atoms with Crippen molar-refractivity contribution in [1.82, 2.24) is 4.98 Å². The molecule has 14 heavy (non-hydrogen) atoms. The van der Waals surface area contributed by atoms with Gasteiger partial charge in [-0.25, -0.2) is 4.98 Å². The van der Waals surface area contributed by atoms with Crippen LogP contribution >= 0.6 is 11.6 Å². The molecule has 1 aromatic heterocycles. The SMILES string of the molecule is Cc1nc(Cl)ccc1NC(=O)C(C)C. The molecule has 0 spiro atoms. The van der Waals surface area contributed by atoms with Crippen LogP contribution < -0.4 is 5.32 Å². The maximum atomic E-state index is 11.4. The summed E-state index contributed by atoms with van der Waals surface area (Å²) in [5, 5.41) is 3.21. The van der Waals surface area contributed by atoms with E-state index in [2.05, 4.69) is 10.3 Å². The van der Waals surface area contributed by atoms with Gasteiger partial charge in [0.2, 0.25) is 5.91 Å². The van der Waals surface area contributed by atoms with E-state index < -0.39 is 0 Å². The van der Waals surface area contributed by atoms with E-state index in [0.717, 1.165) is 5.69 Å². The number of amides is 1. The third-order valence-electron chi connectivity index (χ3n) is 1.83. The lowest BCUT2D eigenvalue weighted by molar-refractivity contribution is -0.118. The highest BCUT2D eigenvalue weighted by Gasteiger charge is 2.09.